The van der Waals surface area contributed by atoms with Crippen molar-refractivity contribution in [3.63, 3.8) is 0 Å². The van der Waals surface area contributed by atoms with Crippen LogP contribution in [0.1, 0.15) is 48.3 Å². The maximum atomic E-state index is 12.7. The summed E-state index contributed by atoms with van der Waals surface area (Å²) in [4.78, 5) is 30.9. The van der Waals surface area contributed by atoms with Crippen LogP contribution in [0, 0.1) is 6.92 Å². The molecular weight excluding hydrogens is 378 g/mol. The zero-order valence-corrected chi connectivity index (χ0v) is 18.2. The second-order valence-corrected chi connectivity index (χ2v) is 8.56. The lowest BCUT2D eigenvalue weighted by atomic mass is 10.1. The van der Waals surface area contributed by atoms with Crippen molar-refractivity contribution in [2.75, 3.05) is 37.6 Å². The number of amides is 1. The van der Waals surface area contributed by atoms with E-state index in [0.29, 0.717) is 24.8 Å². The number of aryl methyl sites for hydroxylation is 1. The van der Waals surface area contributed by atoms with Crippen LogP contribution in [0.25, 0.3) is 0 Å². The molecule has 0 unspecified atom stereocenters. The highest BCUT2D eigenvalue weighted by Crippen LogP contribution is 2.30. The molecule has 7 nitrogen and oxygen atoms in total. The van der Waals surface area contributed by atoms with Crippen molar-refractivity contribution in [3.8, 4) is 0 Å². The molecule has 2 saturated heterocycles. The third-order valence-electron chi connectivity index (χ3n) is 6.29. The van der Waals surface area contributed by atoms with Crippen LogP contribution in [0.15, 0.2) is 30.5 Å². The average molecular weight is 410 g/mol. The fourth-order valence-corrected chi connectivity index (χ4v) is 4.47. The predicted octanol–water partition coefficient (Wildman–Crippen LogP) is 3.17. The van der Waals surface area contributed by atoms with Crippen LogP contribution >= 0.6 is 0 Å². The van der Waals surface area contributed by atoms with E-state index >= 15 is 0 Å². The molecule has 2 aromatic rings. The van der Waals surface area contributed by atoms with Gasteiger partial charge in [0.2, 0.25) is 0 Å². The smallest absolute Gasteiger partial charge is 0.344 e. The summed E-state index contributed by atoms with van der Waals surface area (Å²) < 4.78 is 1.28. The zero-order valence-electron chi connectivity index (χ0n) is 18.2. The lowest BCUT2D eigenvalue weighted by Gasteiger charge is -2.35. The normalized spacial score (nSPS) is 20.0. The Balaban J connectivity index is 1.39. The number of piperazine rings is 1. The number of ketones is 1. The van der Waals surface area contributed by atoms with Crippen molar-refractivity contribution >= 4 is 17.5 Å². The van der Waals surface area contributed by atoms with Crippen molar-refractivity contribution in [1.82, 2.24) is 19.6 Å². The number of carbonyl (C=O) groups excluding carboxylic acids is 2. The van der Waals surface area contributed by atoms with Crippen molar-refractivity contribution in [2.45, 2.75) is 46.2 Å². The Morgan fingerprint density at radius 3 is 2.50 bits per heavy atom. The standard InChI is InChI=1S/C23H31N5O2/c1-17-6-7-20(22(15-17)27-9-4-5-18(27)2)16-25-11-13-26(14-12-25)23(30)28-10-8-21(24-28)19(3)29/h6-8,10,15,18H,4-5,9,11-14,16H2,1-3H3/t18-/m1/s1. The van der Waals surface area contributed by atoms with Crippen LogP contribution in [0.4, 0.5) is 10.5 Å². The van der Waals surface area contributed by atoms with Crippen LogP contribution in [0.5, 0.6) is 0 Å². The molecule has 4 rings (SSSR count). The quantitative estimate of drug-likeness (QED) is 0.726. The maximum absolute atomic E-state index is 12.7. The van der Waals surface area contributed by atoms with E-state index in [1.807, 2.05) is 4.90 Å². The van der Waals surface area contributed by atoms with E-state index < -0.39 is 0 Å². The highest BCUT2D eigenvalue weighted by molar-refractivity contribution is 5.92. The first-order chi connectivity index (χ1) is 14.4. The number of carbonyl (C=O) groups is 2. The maximum Gasteiger partial charge on any atom is 0.344 e. The van der Waals surface area contributed by atoms with Crippen LogP contribution < -0.4 is 4.90 Å². The molecule has 2 aliphatic rings. The van der Waals surface area contributed by atoms with Gasteiger partial charge in [-0.1, -0.05) is 12.1 Å². The van der Waals surface area contributed by atoms with E-state index in [2.05, 4.69) is 46.9 Å². The highest BCUT2D eigenvalue weighted by Gasteiger charge is 2.26. The zero-order chi connectivity index (χ0) is 21.3. The molecule has 1 aromatic heterocycles. The highest BCUT2D eigenvalue weighted by atomic mass is 16.2. The van der Waals surface area contributed by atoms with Gasteiger partial charge in [0.1, 0.15) is 5.69 Å². The van der Waals surface area contributed by atoms with Gasteiger partial charge >= 0.3 is 6.03 Å². The van der Waals surface area contributed by atoms with E-state index in [1.54, 1.807) is 12.3 Å². The summed E-state index contributed by atoms with van der Waals surface area (Å²) in [5, 5.41) is 4.10. The van der Waals surface area contributed by atoms with E-state index in [4.69, 9.17) is 0 Å². The number of aromatic nitrogens is 2. The van der Waals surface area contributed by atoms with E-state index in [9.17, 15) is 9.59 Å². The number of hydrogen-bond acceptors (Lipinski definition) is 5. The Morgan fingerprint density at radius 1 is 1.10 bits per heavy atom. The van der Waals surface area contributed by atoms with Crippen LogP contribution in [0.2, 0.25) is 0 Å². The molecule has 30 heavy (non-hydrogen) atoms. The Labute approximate surface area is 178 Å². The molecule has 0 N–H and O–H groups in total. The van der Waals surface area contributed by atoms with Gasteiger partial charge in [0, 0.05) is 64.1 Å². The first kappa shape index (κ1) is 20.6. The fourth-order valence-electron chi connectivity index (χ4n) is 4.47. The summed E-state index contributed by atoms with van der Waals surface area (Å²) in [5.41, 5.74) is 4.36. The molecule has 3 heterocycles. The van der Waals surface area contributed by atoms with E-state index in [1.165, 1.54) is 41.3 Å². The number of Topliss-reactive ketones (excluding diaryl/α,β-unsaturated/α-hetero) is 1. The number of anilines is 1. The van der Waals surface area contributed by atoms with Gasteiger partial charge in [-0.25, -0.2) is 4.79 Å². The van der Waals surface area contributed by atoms with Gasteiger partial charge < -0.3 is 9.80 Å². The van der Waals surface area contributed by atoms with Gasteiger partial charge in [0.05, 0.1) is 0 Å². The van der Waals surface area contributed by atoms with Crippen LogP contribution in [-0.4, -0.2) is 70.2 Å². The Hall–Kier alpha value is -2.67. The van der Waals surface area contributed by atoms with Gasteiger partial charge in [0.15, 0.2) is 5.78 Å². The molecule has 1 amide bonds. The second-order valence-electron chi connectivity index (χ2n) is 8.56. The van der Waals surface area contributed by atoms with Gasteiger partial charge in [0.25, 0.3) is 0 Å². The fraction of sp³-hybridized carbons (Fsp3) is 0.522. The number of nitrogens with zero attached hydrogens (tertiary/aromatic N) is 5. The predicted molar refractivity (Wildman–Crippen MR) is 117 cm³/mol. The van der Waals surface area contributed by atoms with Crippen LogP contribution in [-0.2, 0) is 6.54 Å². The first-order valence-corrected chi connectivity index (χ1v) is 10.9. The molecule has 0 bridgehead atoms. The van der Waals surface area contributed by atoms with Gasteiger partial charge in [-0.2, -0.15) is 9.78 Å². The molecule has 0 spiro atoms. The molecule has 0 radical (unpaired) electrons. The molecule has 1 atom stereocenters. The largest absolute Gasteiger partial charge is 0.369 e. The van der Waals surface area contributed by atoms with Crippen LogP contribution in [0.3, 0.4) is 0 Å². The van der Waals surface area contributed by atoms with E-state index in [-0.39, 0.29) is 11.8 Å². The lowest BCUT2D eigenvalue weighted by molar-refractivity contribution is 0.101. The second kappa shape index (κ2) is 8.60. The molecule has 2 aliphatic heterocycles. The van der Waals surface area contributed by atoms with Gasteiger partial charge in [-0.3, -0.25) is 9.69 Å². The molecule has 2 fully saturated rings. The van der Waals surface area contributed by atoms with Crippen molar-refractivity contribution < 1.29 is 9.59 Å². The summed E-state index contributed by atoms with van der Waals surface area (Å²) in [6, 6.07) is 8.80. The third-order valence-corrected chi connectivity index (χ3v) is 6.29. The summed E-state index contributed by atoms with van der Waals surface area (Å²) in [7, 11) is 0. The van der Waals surface area contributed by atoms with Crippen molar-refractivity contribution in [2.24, 2.45) is 0 Å². The average Bonchev–Trinajstić information content (AvgIpc) is 3.39. The molecular formula is C23H31N5O2. The lowest BCUT2D eigenvalue weighted by Crippen LogP contribution is -2.49. The summed E-state index contributed by atoms with van der Waals surface area (Å²) >= 11 is 0. The molecule has 7 heteroatoms. The molecule has 0 saturated carbocycles. The first-order valence-electron chi connectivity index (χ1n) is 10.9. The minimum absolute atomic E-state index is 0.132. The third kappa shape index (κ3) is 4.26. The molecule has 160 valence electrons. The minimum Gasteiger partial charge on any atom is -0.369 e. The SMILES string of the molecule is CC(=O)c1ccn(C(=O)N2CCN(Cc3ccc(C)cc3N3CCC[C@H]3C)CC2)n1. The van der Waals surface area contributed by atoms with E-state index in [0.717, 1.165) is 26.2 Å². The Morgan fingerprint density at radius 2 is 1.87 bits per heavy atom. The topological polar surface area (TPSA) is 61.7 Å². The molecule has 1 aromatic carbocycles. The monoisotopic (exact) mass is 409 g/mol. The van der Waals surface area contributed by atoms with Crippen molar-refractivity contribution in [1.29, 1.82) is 0 Å². The number of rotatable bonds is 4. The summed E-state index contributed by atoms with van der Waals surface area (Å²) in [6.45, 7) is 10.9. The Bertz CT molecular complexity index is 929. The summed E-state index contributed by atoms with van der Waals surface area (Å²) in [6.07, 6.45) is 4.09. The molecule has 0 aliphatic carbocycles. The van der Waals surface area contributed by atoms with Crippen molar-refractivity contribution in [3.05, 3.63) is 47.3 Å². The minimum atomic E-state index is -0.163. The van der Waals surface area contributed by atoms with Gasteiger partial charge in [-0.15, -0.1) is 0 Å². The summed E-state index contributed by atoms with van der Waals surface area (Å²) in [5.74, 6) is -0.132. The number of hydrogen-bond donors (Lipinski definition) is 0. The Kier molecular flexibility index (Phi) is 5.90. The number of benzene rings is 1. The van der Waals surface area contributed by atoms with Gasteiger partial charge in [-0.05, 0) is 49.9 Å².